The molecule has 2 heterocycles. The zero-order valence-electron chi connectivity index (χ0n) is 10.8. The lowest BCUT2D eigenvalue weighted by molar-refractivity contribution is -0.152. The number of hydrogen-bond acceptors (Lipinski definition) is 3. The quantitative estimate of drug-likeness (QED) is 0.887. The van der Waals surface area contributed by atoms with E-state index in [1.807, 2.05) is 19.2 Å². The van der Waals surface area contributed by atoms with E-state index in [0.29, 0.717) is 0 Å². The minimum Gasteiger partial charge on any atom is -0.481 e. The first-order chi connectivity index (χ1) is 8.66. The van der Waals surface area contributed by atoms with Gasteiger partial charge in [-0.2, -0.15) is 0 Å². The molecule has 98 valence electrons. The molecule has 1 saturated heterocycles. The van der Waals surface area contributed by atoms with E-state index in [2.05, 4.69) is 16.0 Å². The highest BCUT2D eigenvalue weighted by atomic mass is 16.4. The summed E-state index contributed by atoms with van der Waals surface area (Å²) in [5.41, 5.74) is 0.697. The molecule has 1 aliphatic heterocycles. The molecule has 0 radical (unpaired) electrons. The van der Waals surface area contributed by atoms with Crippen LogP contribution in [0, 0.1) is 5.41 Å². The van der Waals surface area contributed by atoms with Gasteiger partial charge in [0.25, 0.3) is 0 Å². The highest BCUT2D eigenvalue weighted by Crippen LogP contribution is 2.35. The van der Waals surface area contributed by atoms with Crippen LogP contribution in [0.5, 0.6) is 0 Å². The van der Waals surface area contributed by atoms with E-state index in [-0.39, 0.29) is 0 Å². The Kier molecular flexibility index (Phi) is 3.97. The Labute approximate surface area is 108 Å². The molecule has 2 rings (SSSR count). The largest absolute Gasteiger partial charge is 0.481 e. The standard InChI is InChI=1S/C14H20N2O2/c1-2-14(13(17)18)5-8-16(9-6-14)11-12-4-3-7-15-10-12/h3-4,7,10H,2,5-6,8-9,11H2,1H3,(H,17,18). The van der Waals surface area contributed by atoms with Crippen LogP contribution in [-0.2, 0) is 11.3 Å². The fourth-order valence-electron chi connectivity index (χ4n) is 2.61. The molecular formula is C14H20N2O2. The van der Waals surface area contributed by atoms with Gasteiger partial charge in [0.2, 0.25) is 0 Å². The van der Waals surface area contributed by atoms with Crippen molar-refractivity contribution in [3.05, 3.63) is 30.1 Å². The smallest absolute Gasteiger partial charge is 0.309 e. The molecular weight excluding hydrogens is 228 g/mol. The van der Waals surface area contributed by atoms with Crippen LogP contribution < -0.4 is 0 Å². The zero-order chi connectivity index (χ0) is 13.0. The van der Waals surface area contributed by atoms with Crippen molar-refractivity contribution >= 4 is 5.97 Å². The number of aliphatic carboxylic acids is 1. The maximum atomic E-state index is 11.3. The maximum absolute atomic E-state index is 11.3. The number of rotatable bonds is 4. The molecule has 0 atom stereocenters. The van der Waals surface area contributed by atoms with E-state index in [1.54, 1.807) is 6.20 Å². The van der Waals surface area contributed by atoms with Gasteiger partial charge in [0, 0.05) is 18.9 Å². The van der Waals surface area contributed by atoms with E-state index in [9.17, 15) is 9.90 Å². The predicted octanol–water partition coefficient (Wildman–Crippen LogP) is 2.16. The first kappa shape index (κ1) is 13.0. The molecule has 1 aromatic rings. The third-order valence-electron chi connectivity index (χ3n) is 4.07. The van der Waals surface area contributed by atoms with Gasteiger partial charge in [-0.1, -0.05) is 13.0 Å². The summed E-state index contributed by atoms with van der Waals surface area (Å²) in [6.07, 6.45) is 5.87. The van der Waals surface area contributed by atoms with Crippen molar-refractivity contribution in [1.82, 2.24) is 9.88 Å². The van der Waals surface area contributed by atoms with Crippen molar-refractivity contribution < 1.29 is 9.90 Å². The summed E-state index contributed by atoms with van der Waals surface area (Å²) in [7, 11) is 0. The van der Waals surface area contributed by atoms with Crippen LogP contribution in [0.15, 0.2) is 24.5 Å². The van der Waals surface area contributed by atoms with E-state index < -0.39 is 11.4 Å². The van der Waals surface area contributed by atoms with Crippen LogP contribution in [0.2, 0.25) is 0 Å². The molecule has 0 spiro atoms. The third kappa shape index (κ3) is 2.70. The van der Waals surface area contributed by atoms with Crippen LogP contribution in [0.25, 0.3) is 0 Å². The molecule has 0 saturated carbocycles. The first-order valence-electron chi connectivity index (χ1n) is 6.51. The number of pyridine rings is 1. The highest BCUT2D eigenvalue weighted by Gasteiger charge is 2.39. The number of carbonyl (C=O) groups is 1. The average molecular weight is 248 g/mol. The first-order valence-corrected chi connectivity index (χ1v) is 6.51. The van der Waals surface area contributed by atoms with Gasteiger partial charge in [-0.25, -0.2) is 0 Å². The summed E-state index contributed by atoms with van der Waals surface area (Å²) in [5.74, 6) is -0.633. The fraction of sp³-hybridized carbons (Fsp3) is 0.571. The molecule has 18 heavy (non-hydrogen) atoms. The molecule has 0 aromatic carbocycles. The Bertz CT molecular complexity index is 398. The minimum atomic E-state index is -0.633. The molecule has 0 unspecified atom stereocenters. The van der Waals surface area contributed by atoms with Crippen LogP contribution in [0.3, 0.4) is 0 Å². The lowest BCUT2D eigenvalue weighted by Crippen LogP contribution is -2.43. The fourth-order valence-corrected chi connectivity index (χ4v) is 2.61. The minimum absolute atomic E-state index is 0.495. The van der Waals surface area contributed by atoms with Gasteiger partial charge in [0.15, 0.2) is 0 Å². The SMILES string of the molecule is CCC1(C(=O)O)CCN(Cc2cccnc2)CC1. The van der Waals surface area contributed by atoms with E-state index in [4.69, 9.17) is 0 Å². The van der Waals surface area contributed by atoms with Crippen LogP contribution >= 0.6 is 0 Å². The number of hydrogen-bond donors (Lipinski definition) is 1. The zero-order valence-corrected chi connectivity index (χ0v) is 10.8. The topological polar surface area (TPSA) is 53.4 Å². The normalized spacial score (nSPS) is 19.6. The Morgan fingerprint density at radius 1 is 1.50 bits per heavy atom. The summed E-state index contributed by atoms with van der Waals surface area (Å²) in [6.45, 7) is 4.56. The van der Waals surface area contributed by atoms with Crippen LogP contribution in [-0.4, -0.2) is 34.0 Å². The number of carboxylic acid groups (broad SMARTS) is 1. The molecule has 4 nitrogen and oxygen atoms in total. The molecule has 1 aliphatic rings. The van der Waals surface area contributed by atoms with Gasteiger partial charge in [-0.05, 0) is 44.0 Å². The summed E-state index contributed by atoms with van der Waals surface area (Å²) in [6, 6.07) is 4.00. The van der Waals surface area contributed by atoms with Crippen LogP contribution in [0.1, 0.15) is 31.7 Å². The Hall–Kier alpha value is -1.42. The number of carboxylic acids is 1. The second kappa shape index (κ2) is 5.48. The van der Waals surface area contributed by atoms with Crippen molar-refractivity contribution in [3.63, 3.8) is 0 Å². The molecule has 0 aliphatic carbocycles. The number of aromatic nitrogens is 1. The monoisotopic (exact) mass is 248 g/mol. The van der Waals surface area contributed by atoms with E-state index in [0.717, 1.165) is 38.9 Å². The van der Waals surface area contributed by atoms with Gasteiger partial charge >= 0.3 is 5.97 Å². The summed E-state index contributed by atoms with van der Waals surface area (Å²) in [5, 5.41) is 9.34. The maximum Gasteiger partial charge on any atom is 0.309 e. The van der Waals surface area contributed by atoms with Gasteiger partial charge in [-0.3, -0.25) is 14.7 Å². The Morgan fingerprint density at radius 2 is 2.22 bits per heavy atom. The van der Waals surface area contributed by atoms with Crippen molar-refractivity contribution in [2.45, 2.75) is 32.7 Å². The number of likely N-dealkylation sites (tertiary alicyclic amines) is 1. The van der Waals surface area contributed by atoms with Gasteiger partial charge in [0.1, 0.15) is 0 Å². The van der Waals surface area contributed by atoms with Gasteiger partial charge < -0.3 is 5.11 Å². The summed E-state index contributed by atoms with van der Waals surface area (Å²) < 4.78 is 0. The molecule has 1 N–H and O–H groups in total. The van der Waals surface area contributed by atoms with Crippen molar-refractivity contribution in [3.8, 4) is 0 Å². The van der Waals surface area contributed by atoms with Crippen molar-refractivity contribution in [2.75, 3.05) is 13.1 Å². The van der Waals surface area contributed by atoms with Crippen molar-refractivity contribution in [2.24, 2.45) is 5.41 Å². The molecule has 1 fully saturated rings. The van der Waals surface area contributed by atoms with Crippen LogP contribution in [0.4, 0.5) is 0 Å². The second-order valence-electron chi connectivity index (χ2n) is 5.08. The van der Waals surface area contributed by atoms with E-state index >= 15 is 0 Å². The highest BCUT2D eigenvalue weighted by molar-refractivity contribution is 5.74. The third-order valence-corrected chi connectivity index (χ3v) is 4.07. The van der Waals surface area contributed by atoms with Gasteiger partial charge in [0.05, 0.1) is 5.41 Å². The molecule has 0 amide bonds. The molecule has 1 aromatic heterocycles. The average Bonchev–Trinajstić information content (AvgIpc) is 2.41. The molecule has 0 bridgehead atoms. The Balaban J connectivity index is 1.93. The second-order valence-corrected chi connectivity index (χ2v) is 5.08. The number of piperidine rings is 1. The molecule has 4 heteroatoms. The van der Waals surface area contributed by atoms with E-state index in [1.165, 1.54) is 5.56 Å². The number of nitrogens with zero attached hydrogens (tertiary/aromatic N) is 2. The van der Waals surface area contributed by atoms with Gasteiger partial charge in [-0.15, -0.1) is 0 Å². The Morgan fingerprint density at radius 3 is 2.72 bits per heavy atom. The summed E-state index contributed by atoms with van der Waals surface area (Å²) in [4.78, 5) is 17.8. The lowest BCUT2D eigenvalue weighted by Gasteiger charge is -2.38. The predicted molar refractivity (Wildman–Crippen MR) is 69.1 cm³/mol. The lowest BCUT2D eigenvalue weighted by atomic mass is 9.76. The van der Waals surface area contributed by atoms with Crippen molar-refractivity contribution in [1.29, 1.82) is 0 Å². The summed E-state index contributed by atoms with van der Waals surface area (Å²) >= 11 is 0.